The molecule has 25 heavy (non-hydrogen) atoms. The molecule has 0 aromatic heterocycles. The molecule has 2 aromatic carbocycles. The van der Waals surface area contributed by atoms with Gasteiger partial charge < -0.3 is 0 Å². The van der Waals surface area contributed by atoms with Gasteiger partial charge >= 0.3 is 0 Å². The first kappa shape index (κ1) is 18.3. The van der Waals surface area contributed by atoms with Crippen molar-refractivity contribution in [3.63, 3.8) is 0 Å². The van der Waals surface area contributed by atoms with Crippen molar-refractivity contribution in [1.29, 1.82) is 0 Å². The maximum atomic E-state index is 13.3. The fourth-order valence-electron chi connectivity index (χ4n) is 4.00. The minimum Gasteiger partial charge on any atom is -0.293 e. The first-order valence-corrected chi connectivity index (χ1v) is 10.0. The summed E-state index contributed by atoms with van der Waals surface area (Å²) in [6, 6.07) is 16.7. The van der Waals surface area contributed by atoms with Crippen LogP contribution in [0, 0.1) is 24.2 Å². The molecule has 0 bridgehead atoms. The molecule has 2 aromatic rings. The minimum atomic E-state index is -1.47. The molecule has 0 unspecified atom stereocenters. The molecule has 0 aliphatic heterocycles. The van der Waals surface area contributed by atoms with Crippen LogP contribution in [0.1, 0.15) is 36.7 Å². The number of ketones is 1. The summed E-state index contributed by atoms with van der Waals surface area (Å²) in [5.74, 6) is -0.0108. The molecule has 132 valence electrons. The van der Waals surface area contributed by atoms with Crippen molar-refractivity contribution in [1.82, 2.24) is 0 Å². The van der Waals surface area contributed by atoms with Crippen LogP contribution in [0.5, 0.6) is 0 Å². The molecule has 4 heteroatoms. The van der Waals surface area contributed by atoms with Gasteiger partial charge in [-0.1, -0.05) is 61.9 Å². The van der Waals surface area contributed by atoms with Crippen molar-refractivity contribution in [3.8, 4) is 0 Å². The van der Waals surface area contributed by atoms with Gasteiger partial charge in [0.05, 0.1) is 16.2 Å². The summed E-state index contributed by atoms with van der Waals surface area (Å²) in [6.45, 7) is 7.93. The third-order valence-corrected chi connectivity index (χ3v) is 8.29. The molecule has 4 atom stereocenters. The van der Waals surface area contributed by atoms with E-state index in [0.29, 0.717) is 10.5 Å². The van der Waals surface area contributed by atoms with Gasteiger partial charge in [0.2, 0.25) is 0 Å². The average molecular weight is 375 g/mol. The Morgan fingerprint density at radius 1 is 1.08 bits per heavy atom. The molecule has 1 aliphatic rings. The average Bonchev–Trinajstić information content (AvgIpc) is 3.13. The standard InChI is InChI=1S/C21H23ClO2S/c1-14(2)18-20(4,19(23)16-8-6-5-7-9-16)21(18,22)25(24)17-12-10-15(3)11-13-17/h5-14,18H,1-4H3/t18-,20+,21+,25-/m1/s1. The van der Waals surface area contributed by atoms with Gasteiger partial charge in [0.15, 0.2) is 5.78 Å². The summed E-state index contributed by atoms with van der Waals surface area (Å²) < 4.78 is 12.3. The van der Waals surface area contributed by atoms with E-state index in [1.165, 1.54) is 0 Å². The van der Waals surface area contributed by atoms with Crippen LogP contribution in [0.3, 0.4) is 0 Å². The van der Waals surface area contributed by atoms with Crippen LogP contribution < -0.4 is 0 Å². The Balaban J connectivity index is 2.03. The molecule has 0 spiro atoms. The van der Waals surface area contributed by atoms with Gasteiger partial charge in [0.25, 0.3) is 0 Å². The second-order valence-electron chi connectivity index (χ2n) is 7.35. The zero-order valence-electron chi connectivity index (χ0n) is 15.0. The number of aryl methyl sites for hydroxylation is 1. The molecule has 0 saturated heterocycles. The molecule has 1 saturated carbocycles. The van der Waals surface area contributed by atoms with Crippen molar-refractivity contribution >= 4 is 28.2 Å². The summed E-state index contributed by atoms with van der Waals surface area (Å²) in [5.41, 5.74) is 0.877. The molecule has 2 nitrogen and oxygen atoms in total. The largest absolute Gasteiger partial charge is 0.293 e. The van der Waals surface area contributed by atoms with Crippen LogP contribution in [0.25, 0.3) is 0 Å². The number of carbonyl (C=O) groups excluding carboxylic acids is 1. The van der Waals surface area contributed by atoms with E-state index in [0.717, 1.165) is 5.56 Å². The molecule has 1 aliphatic carbocycles. The highest BCUT2D eigenvalue weighted by molar-refractivity contribution is 7.88. The third-order valence-electron chi connectivity index (χ3n) is 5.33. The first-order valence-electron chi connectivity index (χ1n) is 8.52. The monoisotopic (exact) mass is 374 g/mol. The number of rotatable bonds is 5. The fourth-order valence-corrected chi connectivity index (χ4v) is 6.89. The number of Topliss-reactive ketones (excluding diaryl/α,β-unsaturated/α-hetero) is 1. The Morgan fingerprint density at radius 3 is 2.16 bits per heavy atom. The van der Waals surface area contributed by atoms with Gasteiger partial charge in [-0.2, -0.15) is 0 Å². The lowest BCUT2D eigenvalue weighted by Gasteiger charge is -2.16. The van der Waals surface area contributed by atoms with Crippen molar-refractivity contribution in [2.45, 2.75) is 36.8 Å². The molecular formula is C21H23ClO2S. The van der Waals surface area contributed by atoms with Gasteiger partial charge in [-0.3, -0.25) is 9.00 Å². The van der Waals surface area contributed by atoms with E-state index in [9.17, 15) is 9.00 Å². The Morgan fingerprint density at radius 2 is 1.64 bits per heavy atom. The highest BCUT2D eigenvalue weighted by atomic mass is 35.5. The third kappa shape index (κ3) is 2.69. The number of hydrogen-bond donors (Lipinski definition) is 0. The number of carbonyl (C=O) groups is 1. The summed E-state index contributed by atoms with van der Waals surface area (Å²) in [5, 5.41) is 0. The molecule has 0 heterocycles. The lowest BCUT2D eigenvalue weighted by Crippen LogP contribution is -2.25. The van der Waals surface area contributed by atoms with E-state index >= 15 is 0 Å². The SMILES string of the molecule is Cc1ccc([S@@](=O)[C@@]2(Cl)[C@H](C(C)C)[C@@]2(C)C(=O)c2ccccc2)cc1. The predicted octanol–water partition coefficient (Wildman–Crippen LogP) is 5.21. The molecule has 0 radical (unpaired) electrons. The molecular weight excluding hydrogens is 352 g/mol. The molecule has 0 N–H and O–H groups in total. The van der Waals surface area contributed by atoms with Crippen molar-refractivity contribution in [2.75, 3.05) is 0 Å². The molecule has 1 fully saturated rings. The highest BCUT2D eigenvalue weighted by Crippen LogP contribution is 2.72. The van der Waals surface area contributed by atoms with E-state index in [2.05, 4.69) is 0 Å². The smallest absolute Gasteiger partial charge is 0.171 e. The number of halogens is 1. The van der Waals surface area contributed by atoms with E-state index < -0.39 is 20.4 Å². The Labute approximate surface area is 157 Å². The van der Waals surface area contributed by atoms with Crippen LogP contribution >= 0.6 is 11.6 Å². The van der Waals surface area contributed by atoms with Gasteiger partial charge in [-0.15, -0.1) is 11.6 Å². The van der Waals surface area contributed by atoms with Crippen LogP contribution in [0.15, 0.2) is 59.5 Å². The predicted molar refractivity (Wildman–Crippen MR) is 103 cm³/mol. The van der Waals surface area contributed by atoms with Gasteiger partial charge in [-0.25, -0.2) is 0 Å². The van der Waals surface area contributed by atoms with Crippen molar-refractivity contribution in [2.24, 2.45) is 17.3 Å². The number of hydrogen-bond acceptors (Lipinski definition) is 2. The summed E-state index contributed by atoms with van der Waals surface area (Å²) in [4.78, 5) is 13.9. The summed E-state index contributed by atoms with van der Waals surface area (Å²) >= 11 is 6.96. The number of alkyl halides is 1. The quantitative estimate of drug-likeness (QED) is 0.531. The van der Waals surface area contributed by atoms with Crippen molar-refractivity contribution < 1.29 is 9.00 Å². The lowest BCUT2D eigenvalue weighted by molar-refractivity contribution is 0.0892. The maximum absolute atomic E-state index is 13.3. The van der Waals surface area contributed by atoms with E-state index in [4.69, 9.17) is 11.6 Å². The zero-order valence-corrected chi connectivity index (χ0v) is 16.5. The minimum absolute atomic E-state index is 0.0257. The van der Waals surface area contributed by atoms with Crippen LogP contribution in [-0.4, -0.2) is 14.2 Å². The first-order chi connectivity index (χ1) is 11.7. The van der Waals surface area contributed by atoms with E-state index in [1.807, 2.05) is 70.2 Å². The fraction of sp³-hybridized carbons (Fsp3) is 0.381. The second kappa shape index (κ2) is 6.37. The van der Waals surface area contributed by atoms with Gasteiger partial charge in [-0.05, 0) is 31.9 Å². The van der Waals surface area contributed by atoms with Crippen LogP contribution in [0.2, 0.25) is 0 Å². The molecule has 0 amide bonds. The zero-order chi connectivity index (χ0) is 18.4. The summed E-state index contributed by atoms with van der Waals surface area (Å²) in [6.07, 6.45) is 0. The van der Waals surface area contributed by atoms with Crippen molar-refractivity contribution in [3.05, 3.63) is 65.7 Å². The van der Waals surface area contributed by atoms with Crippen LogP contribution in [0.4, 0.5) is 0 Å². The number of benzene rings is 2. The maximum Gasteiger partial charge on any atom is 0.171 e. The lowest BCUT2D eigenvalue weighted by atomic mass is 9.91. The Bertz CT molecular complexity index is 816. The summed E-state index contributed by atoms with van der Waals surface area (Å²) in [7, 11) is -1.47. The highest BCUT2D eigenvalue weighted by Gasteiger charge is 2.80. The normalized spacial score (nSPS) is 29.4. The molecule has 3 rings (SSSR count). The Kier molecular flexibility index (Phi) is 4.67. The second-order valence-corrected chi connectivity index (χ2v) is 9.82. The van der Waals surface area contributed by atoms with E-state index in [1.54, 1.807) is 12.1 Å². The Hall–Kier alpha value is -1.45. The van der Waals surface area contributed by atoms with Gasteiger partial charge in [0, 0.05) is 16.4 Å². The van der Waals surface area contributed by atoms with Gasteiger partial charge in [0.1, 0.15) is 4.21 Å². The van der Waals surface area contributed by atoms with Crippen LogP contribution in [-0.2, 0) is 10.8 Å². The topological polar surface area (TPSA) is 34.1 Å². The van der Waals surface area contributed by atoms with E-state index in [-0.39, 0.29) is 17.6 Å².